The Morgan fingerprint density at radius 3 is 2.67 bits per heavy atom. The first-order chi connectivity index (χ1) is 10.3. The molecule has 1 atom stereocenters. The van der Waals surface area contributed by atoms with Gasteiger partial charge in [-0.1, -0.05) is 30.3 Å². The molecule has 2 aromatic rings. The molecule has 112 valence electrons. The number of ether oxygens (including phenoxy) is 1. The van der Waals surface area contributed by atoms with Gasteiger partial charge in [-0.2, -0.15) is 0 Å². The lowest BCUT2D eigenvalue weighted by Crippen LogP contribution is -2.31. The number of rotatable bonds is 6. The van der Waals surface area contributed by atoms with E-state index in [-0.39, 0.29) is 0 Å². The van der Waals surface area contributed by atoms with Crippen LogP contribution in [-0.4, -0.2) is 24.2 Å². The van der Waals surface area contributed by atoms with E-state index in [2.05, 4.69) is 63.3 Å². The minimum atomic E-state index is 0.400. The number of benzene rings is 1. The highest BCUT2D eigenvalue weighted by Crippen LogP contribution is 2.25. The third kappa shape index (κ3) is 4.65. The van der Waals surface area contributed by atoms with E-state index in [0.29, 0.717) is 6.10 Å². The molecule has 0 spiro atoms. The maximum atomic E-state index is 5.82. The highest BCUT2D eigenvalue weighted by Gasteiger charge is 2.20. The Kier molecular flexibility index (Phi) is 5.47. The van der Waals surface area contributed by atoms with Crippen molar-refractivity contribution in [1.82, 2.24) is 4.90 Å². The minimum Gasteiger partial charge on any atom is -0.377 e. The number of nitrogens with zero attached hydrogens (tertiary/aromatic N) is 1. The van der Waals surface area contributed by atoms with Gasteiger partial charge in [0.15, 0.2) is 0 Å². The summed E-state index contributed by atoms with van der Waals surface area (Å²) in [7, 11) is 0. The zero-order chi connectivity index (χ0) is 14.5. The lowest BCUT2D eigenvalue weighted by Gasteiger charge is -2.24. The number of halogens is 1. The van der Waals surface area contributed by atoms with Crippen LogP contribution in [0, 0.1) is 0 Å². The van der Waals surface area contributed by atoms with E-state index in [9.17, 15) is 0 Å². The summed E-state index contributed by atoms with van der Waals surface area (Å²) in [4.78, 5) is 3.90. The maximum absolute atomic E-state index is 5.82. The summed E-state index contributed by atoms with van der Waals surface area (Å²) in [5, 5.41) is 0. The van der Waals surface area contributed by atoms with Crippen molar-refractivity contribution in [3.63, 3.8) is 0 Å². The molecule has 21 heavy (non-hydrogen) atoms. The molecule has 0 radical (unpaired) electrons. The van der Waals surface area contributed by atoms with Gasteiger partial charge in [0.2, 0.25) is 0 Å². The molecule has 0 N–H and O–H groups in total. The summed E-state index contributed by atoms with van der Waals surface area (Å²) in [6.45, 7) is 3.92. The molecule has 1 aliphatic heterocycles. The molecule has 4 heteroatoms. The first kappa shape index (κ1) is 15.2. The molecule has 0 amide bonds. The smallest absolute Gasteiger partial charge is 0.0703 e. The van der Waals surface area contributed by atoms with Gasteiger partial charge in [-0.15, -0.1) is 11.3 Å². The molecular formula is C17H20BrNOS. The Hall–Kier alpha value is -0.680. The van der Waals surface area contributed by atoms with Crippen molar-refractivity contribution in [1.29, 1.82) is 0 Å². The number of hydrogen-bond donors (Lipinski definition) is 0. The van der Waals surface area contributed by atoms with Crippen LogP contribution in [0.2, 0.25) is 0 Å². The third-order valence-electron chi connectivity index (χ3n) is 3.74. The van der Waals surface area contributed by atoms with E-state index < -0.39 is 0 Å². The predicted octanol–water partition coefficient (Wildman–Crippen LogP) is 4.69. The predicted molar refractivity (Wildman–Crippen MR) is 91.5 cm³/mol. The van der Waals surface area contributed by atoms with Crippen LogP contribution in [0.3, 0.4) is 0 Å². The quantitative estimate of drug-likeness (QED) is 0.735. The van der Waals surface area contributed by atoms with Crippen LogP contribution in [0.15, 0.2) is 46.3 Å². The Balaban J connectivity index is 1.67. The molecule has 0 saturated carbocycles. The van der Waals surface area contributed by atoms with E-state index in [1.54, 1.807) is 0 Å². The van der Waals surface area contributed by atoms with E-state index in [1.165, 1.54) is 27.1 Å². The van der Waals surface area contributed by atoms with Crippen molar-refractivity contribution in [2.24, 2.45) is 0 Å². The largest absolute Gasteiger partial charge is 0.377 e. The molecule has 0 aliphatic carbocycles. The van der Waals surface area contributed by atoms with Crippen LogP contribution in [-0.2, 0) is 17.8 Å². The molecule has 1 aromatic carbocycles. The molecule has 0 bridgehead atoms. The van der Waals surface area contributed by atoms with Crippen molar-refractivity contribution in [2.75, 3.05) is 13.2 Å². The summed E-state index contributed by atoms with van der Waals surface area (Å²) < 4.78 is 7.02. The number of hydrogen-bond acceptors (Lipinski definition) is 3. The second-order valence-electron chi connectivity index (χ2n) is 5.50. The Bertz CT molecular complexity index is 551. The zero-order valence-electron chi connectivity index (χ0n) is 12.0. The van der Waals surface area contributed by atoms with Crippen LogP contribution in [0.5, 0.6) is 0 Å². The first-order valence-corrected chi connectivity index (χ1v) is 9.02. The van der Waals surface area contributed by atoms with Gasteiger partial charge in [0.05, 0.1) is 9.89 Å². The topological polar surface area (TPSA) is 12.5 Å². The lowest BCUT2D eigenvalue weighted by atomic mass is 10.2. The maximum Gasteiger partial charge on any atom is 0.0703 e. The Morgan fingerprint density at radius 1 is 1.14 bits per heavy atom. The summed E-state index contributed by atoms with van der Waals surface area (Å²) in [6.07, 6.45) is 2.80. The SMILES string of the molecule is Brc1ccc(CN(Cc2ccccc2)CC2CCCO2)s1. The van der Waals surface area contributed by atoms with Gasteiger partial charge in [-0.3, -0.25) is 4.90 Å². The minimum absolute atomic E-state index is 0.400. The van der Waals surface area contributed by atoms with Gasteiger partial charge in [-0.25, -0.2) is 0 Å². The molecule has 1 aromatic heterocycles. The summed E-state index contributed by atoms with van der Waals surface area (Å²) in [6, 6.07) is 15.0. The highest BCUT2D eigenvalue weighted by molar-refractivity contribution is 9.11. The Morgan fingerprint density at radius 2 is 2.00 bits per heavy atom. The van der Waals surface area contributed by atoms with Gasteiger partial charge in [-0.05, 0) is 46.5 Å². The lowest BCUT2D eigenvalue weighted by molar-refractivity contribution is 0.0682. The first-order valence-electron chi connectivity index (χ1n) is 7.42. The van der Waals surface area contributed by atoms with Crippen molar-refractivity contribution >= 4 is 27.3 Å². The fraction of sp³-hybridized carbons (Fsp3) is 0.412. The molecule has 1 saturated heterocycles. The van der Waals surface area contributed by atoms with Crippen molar-refractivity contribution in [2.45, 2.75) is 32.0 Å². The molecule has 2 nitrogen and oxygen atoms in total. The van der Waals surface area contributed by atoms with Crippen LogP contribution >= 0.6 is 27.3 Å². The summed E-state index contributed by atoms with van der Waals surface area (Å²) >= 11 is 5.37. The molecular weight excluding hydrogens is 346 g/mol. The third-order valence-corrected chi connectivity index (χ3v) is 5.35. The van der Waals surface area contributed by atoms with E-state index in [1.807, 2.05) is 11.3 Å². The normalized spacial score (nSPS) is 18.5. The van der Waals surface area contributed by atoms with Crippen molar-refractivity contribution < 1.29 is 4.74 Å². The van der Waals surface area contributed by atoms with Crippen molar-refractivity contribution in [3.8, 4) is 0 Å². The van der Waals surface area contributed by atoms with Crippen LogP contribution in [0.25, 0.3) is 0 Å². The van der Waals surface area contributed by atoms with Crippen LogP contribution in [0.4, 0.5) is 0 Å². The molecule has 1 aliphatic rings. The molecule has 1 unspecified atom stereocenters. The van der Waals surface area contributed by atoms with Gasteiger partial charge < -0.3 is 4.74 Å². The summed E-state index contributed by atoms with van der Waals surface area (Å²) in [5.74, 6) is 0. The monoisotopic (exact) mass is 365 g/mol. The van der Waals surface area contributed by atoms with Gasteiger partial charge in [0.1, 0.15) is 0 Å². The molecule has 3 rings (SSSR count). The Labute approximate surface area is 138 Å². The van der Waals surface area contributed by atoms with Gasteiger partial charge in [0, 0.05) is 31.1 Å². The standard InChI is InChI=1S/C17H20BrNOS/c18-17-9-8-16(21-17)13-19(12-15-7-4-10-20-15)11-14-5-2-1-3-6-14/h1-3,5-6,8-9,15H,4,7,10-13H2. The van der Waals surface area contributed by atoms with Gasteiger partial charge >= 0.3 is 0 Å². The van der Waals surface area contributed by atoms with E-state index >= 15 is 0 Å². The highest BCUT2D eigenvalue weighted by atomic mass is 79.9. The van der Waals surface area contributed by atoms with Crippen LogP contribution < -0.4 is 0 Å². The summed E-state index contributed by atoms with van der Waals surface area (Å²) in [5.41, 5.74) is 1.37. The fourth-order valence-corrected chi connectivity index (χ4v) is 4.29. The van der Waals surface area contributed by atoms with E-state index in [4.69, 9.17) is 4.74 Å². The zero-order valence-corrected chi connectivity index (χ0v) is 14.4. The van der Waals surface area contributed by atoms with E-state index in [0.717, 1.165) is 26.2 Å². The second kappa shape index (κ2) is 7.54. The second-order valence-corrected chi connectivity index (χ2v) is 8.04. The van der Waals surface area contributed by atoms with Crippen molar-refractivity contribution in [3.05, 3.63) is 56.7 Å². The van der Waals surface area contributed by atoms with Crippen LogP contribution in [0.1, 0.15) is 23.3 Å². The van der Waals surface area contributed by atoms with Gasteiger partial charge in [0.25, 0.3) is 0 Å². The molecule has 2 heterocycles. The average molecular weight is 366 g/mol. The average Bonchev–Trinajstić information content (AvgIpc) is 3.12. The number of thiophene rings is 1. The molecule has 1 fully saturated rings. The fourth-order valence-electron chi connectivity index (χ4n) is 2.76.